The van der Waals surface area contributed by atoms with Crippen LogP contribution >= 0.6 is 0 Å². The van der Waals surface area contributed by atoms with Crippen LogP contribution in [0.2, 0.25) is 0 Å². The highest BCUT2D eigenvalue weighted by Gasteiger charge is 2.29. The van der Waals surface area contributed by atoms with E-state index in [1.54, 1.807) is 36.3 Å². The minimum Gasteiger partial charge on any atom is -0.383 e. The molecule has 0 aromatic heterocycles. The van der Waals surface area contributed by atoms with Crippen molar-refractivity contribution >= 4 is 11.9 Å². The van der Waals surface area contributed by atoms with Gasteiger partial charge in [-0.15, -0.1) is 0 Å². The summed E-state index contributed by atoms with van der Waals surface area (Å²) < 4.78 is 5.09. The Balaban J connectivity index is 1.95. The Morgan fingerprint density at radius 3 is 2.79 bits per heavy atom. The topological polar surface area (TPSA) is 58.6 Å². The largest absolute Gasteiger partial charge is 0.383 e. The molecular weight excluding hydrogens is 244 g/mol. The lowest BCUT2D eigenvalue weighted by molar-refractivity contribution is 0.0929. The van der Waals surface area contributed by atoms with E-state index in [2.05, 4.69) is 5.32 Å². The molecular formula is C14H18N2O3. The number of nitrogens with zero attached hydrogens (tertiary/aromatic N) is 1. The number of hydrogen-bond donors (Lipinski definition) is 1. The van der Waals surface area contributed by atoms with Crippen LogP contribution in [0.3, 0.4) is 0 Å². The molecule has 1 atom stereocenters. The van der Waals surface area contributed by atoms with E-state index in [0.717, 1.165) is 12.8 Å². The van der Waals surface area contributed by atoms with Gasteiger partial charge < -0.3 is 9.64 Å². The Bertz CT molecular complexity index is 447. The van der Waals surface area contributed by atoms with Crippen LogP contribution in [0.5, 0.6) is 0 Å². The SMILES string of the molecule is COC[C@@H]1CCCN1C(=O)NC(=O)c1ccccc1. The number of ether oxygens (including phenoxy) is 1. The normalized spacial score (nSPS) is 18.4. The molecule has 0 unspecified atom stereocenters. The van der Waals surface area contributed by atoms with Crippen LogP contribution in [0.15, 0.2) is 30.3 Å². The fourth-order valence-corrected chi connectivity index (χ4v) is 2.30. The van der Waals surface area contributed by atoms with Crippen LogP contribution in [-0.4, -0.2) is 43.1 Å². The monoisotopic (exact) mass is 262 g/mol. The van der Waals surface area contributed by atoms with Crippen molar-refractivity contribution in [3.63, 3.8) is 0 Å². The number of hydrogen-bond acceptors (Lipinski definition) is 3. The number of carbonyl (C=O) groups is 2. The third-order valence-electron chi connectivity index (χ3n) is 3.25. The minimum absolute atomic E-state index is 0.0635. The van der Waals surface area contributed by atoms with Crippen molar-refractivity contribution in [2.75, 3.05) is 20.3 Å². The van der Waals surface area contributed by atoms with Crippen LogP contribution < -0.4 is 5.32 Å². The summed E-state index contributed by atoms with van der Waals surface area (Å²) in [5.41, 5.74) is 0.485. The molecule has 1 aliphatic heterocycles. The fourth-order valence-electron chi connectivity index (χ4n) is 2.30. The molecule has 0 aliphatic carbocycles. The van der Waals surface area contributed by atoms with Gasteiger partial charge in [0.05, 0.1) is 12.6 Å². The Labute approximate surface area is 112 Å². The number of rotatable bonds is 3. The zero-order chi connectivity index (χ0) is 13.7. The average Bonchev–Trinajstić information content (AvgIpc) is 2.88. The maximum atomic E-state index is 12.1. The lowest BCUT2D eigenvalue weighted by Crippen LogP contribution is -2.46. The van der Waals surface area contributed by atoms with E-state index in [0.29, 0.717) is 18.7 Å². The van der Waals surface area contributed by atoms with Gasteiger partial charge >= 0.3 is 6.03 Å². The smallest absolute Gasteiger partial charge is 0.324 e. The molecule has 1 aromatic rings. The molecule has 5 heteroatoms. The quantitative estimate of drug-likeness (QED) is 0.901. The number of benzene rings is 1. The zero-order valence-electron chi connectivity index (χ0n) is 11.0. The van der Waals surface area contributed by atoms with Crippen molar-refractivity contribution in [1.29, 1.82) is 0 Å². The van der Waals surface area contributed by atoms with E-state index in [4.69, 9.17) is 4.74 Å². The van der Waals surface area contributed by atoms with Crippen molar-refractivity contribution in [2.45, 2.75) is 18.9 Å². The summed E-state index contributed by atoms with van der Waals surface area (Å²) in [7, 11) is 1.61. The minimum atomic E-state index is -0.367. The molecule has 0 spiro atoms. The lowest BCUT2D eigenvalue weighted by atomic mass is 10.2. The molecule has 1 saturated heterocycles. The van der Waals surface area contributed by atoms with E-state index in [1.807, 2.05) is 6.07 Å². The molecule has 5 nitrogen and oxygen atoms in total. The number of imide groups is 1. The molecule has 0 saturated carbocycles. The molecule has 2 rings (SSSR count). The molecule has 1 N–H and O–H groups in total. The third kappa shape index (κ3) is 3.32. The summed E-state index contributed by atoms with van der Waals surface area (Å²) >= 11 is 0. The molecule has 1 aliphatic rings. The van der Waals surface area contributed by atoms with E-state index >= 15 is 0 Å². The first-order valence-electron chi connectivity index (χ1n) is 6.38. The zero-order valence-corrected chi connectivity index (χ0v) is 11.0. The van der Waals surface area contributed by atoms with Crippen LogP contribution in [-0.2, 0) is 4.74 Å². The molecule has 3 amide bonds. The molecule has 1 fully saturated rings. The average molecular weight is 262 g/mol. The summed E-state index contributed by atoms with van der Waals surface area (Å²) in [6, 6.07) is 8.44. The summed E-state index contributed by atoms with van der Waals surface area (Å²) in [4.78, 5) is 25.6. The van der Waals surface area contributed by atoms with Gasteiger partial charge in [0.15, 0.2) is 0 Å². The second-order valence-corrected chi connectivity index (χ2v) is 4.57. The number of methoxy groups -OCH3 is 1. The van der Waals surface area contributed by atoms with Gasteiger partial charge in [0.25, 0.3) is 5.91 Å². The summed E-state index contributed by atoms with van der Waals surface area (Å²) in [6.45, 7) is 1.18. The maximum Gasteiger partial charge on any atom is 0.324 e. The van der Waals surface area contributed by atoms with Crippen molar-refractivity contribution in [2.24, 2.45) is 0 Å². The first-order valence-corrected chi connectivity index (χ1v) is 6.38. The molecule has 19 heavy (non-hydrogen) atoms. The molecule has 0 radical (unpaired) electrons. The van der Waals surface area contributed by atoms with E-state index in [1.165, 1.54) is 0 Å². The Kier molecular flexibility index (Phi) is 4.52. The van der Waals surface area contributed by atoms with Gasteiger partial charge in [-0.1, -0.05) is 18.2 Å². The predicted octanol–water partition coefficient (Wildman–Crippen LogP) is 1.65. The second-order valence-electron chi connectivity index (χ2n) is 4.57. The van der Waals surface area contributed by atoms with Crippen molar-refractivity contribution in [3.05, 3.63) is 35.9 Å². The predicted molar refractivity (Wildman–Crippen MR) is 70.9 cm³/mol. The van der Waals surface area contributed by atoms with Crippen LogP contribution in [0.25, 0.3) is 0 Å². The number of likely N-dealkylation sites (tertiary alicyclic amines) is 1. The van der Waals surface area contributed by atoms with Crippen molar-refractivity contribution < 1.29 is 14.3 Å². The highest BCUT2D eigenvalue weighted by molar-refractivity contribution is 6.04. The second kappa shape index (κ2) is 6.33. The number of urea groups is 1. The number of amides is 3. The van der Waals surface area contributed by atoms with Crippen LogP contribution in [0, 0.1) is 0 Å². The number of carbonyl (C=O) groups excluding carboxylic acids is 2. The highest BCUT2D eigenvalue weighted by Crippen LogP contribution is 2.17. The molecule has 1 aromatic carbocycles. The lowest BCUT2D eigenvalue weighted by Gasteiger charge is -2.23. The summed E-state index contributed by atoms with van der Waals surface area (Å²) in [6.07, 6.45) is 1.86. The van der Waals surface area contributed by atoms with E-state index in [-0.39, 0.29) is 18.0 Å². The molecule has 102 valence electrons. The Morgan fingerprint density at radius 1 is 1.37 bits per heavy atom. The fraction of sp³-hybridized carbons (Fsp3) is 0.429. The van der Waals surface area contributed by atoms with Gasteiger partial charge in [0.2, 0.25) is 0 Å². The third-order valence-corrected chi connectivity index (χ3v) is 3.25. The summed E-state index contributed by atoms with van der Waals surface area (Å²) in [5.74, 6) is -0.367. The van der Waals surface area contributed by atoms with Crippen LogP contribution in [0.4, 0.5) is 4.79 Å². The van der Waals surface area contributed by atoms with Gasteiger partial charge in [0.1, 0.15) is 0 Å². The van der Waals surface area contributed by atoms with Crippen molar-refractivity contribution in [1.82, 2.24) is 10.2 Å². The maximum absolute atomic E-state index is 12.1. The standard InChI is InChI=1S/C14H18N2O3/c1-19-10-12-8-5-9-16(12)14(18)15-13(17)11-6-3-2-4-7-11/h2-4,6-7,12H,5,8-10H2,1H3,(H,15,17,18)/t12-/m0/s1. The van der Waals surface area contributed by atoms with Crippen molar-refractivity contribution in [3.8, 4) is 0 Å². The van der Waals surface area contributed by atoms with Gasteiger partial charge in [-0.2, -0.15) is 0 Å². The van der Waals surface area contributed by atoms with Crippen LogP contribution in [0.1, 0.15) is 23.2 Å². The molecule has 1 heterocycles. The summed E-state index contributed by atoms with van der Waals surface area (Å²) in [5, 5.41) is 2.42. The van der Waals surface area contributed by atoms with Gasteiger partial charge in [-0.25, -0.2) is 4.79 Å². The first kappa shape index (κ1) is 13.5. The molecule has 0 bridgehead atoms. The van der Waals surface area contributed by atoms with E-state index in [9.17, 15) is 9.59 Å². The van der Waals surface area contributed by atoms with Gasteiger partial charge in [-0.3, -0.25) is 10.1 Å². The number of nitrogens with one attached hydrogen (secondary N) is 1. The Hall–Kier alpha value is -1.88. The Morgan fingerprint density at radius 2 is 2.11 bits per heavy atom. The van der Waals surface area contributed by atoms with Gasteiger partial charge in [0, 0.05) is 19.2 Å². The highest BCUT2D eigenvalue weighted by atomic mass is 16.5. The van der Waals surface area contributed by atoms with Gasteiger partial charge in [-0.05, 0) is 25.0 Å². The first-order chi connectivity index (χ1) is 9.22. The van der Waals surface area contributed by atoms with E-state index < -0.39 is 0 Å².